The summed E-state index contributed by atoms with van der Waals surface area (Å²) in [5, 5.41) is 15.0. The molecule has 1 heterocycles. The van der Waals surface area contributed by atoms with E-state index in [1.807, 2.05) is 11.8 Å². The Labute approximate surface area is 121 Å². The summed E-state index contributed by atoms with van der Waals surface area (Å²) in [4.78, 5) is 26.4. The number of nitrogens with one attached hydrogen (secondary N) is 2. The molecule has 3 N–H and O–H groups in total. The molecule has 0 aliphatic heterocycles. The van der Waals surface area contributed by atoms with E-state index in [2.05, 4.69) is 21.9 Å². The molecule has 0 saturated heterocycles. The van der Waals surface area contributed by atoms with Crippen LogP contribution in [-0.2, 0) is 0 Å². The maximum absolute atomic E-state index is 11.8. The molecule has 1 aromatic heterocycles. The highest BCUT2D eigenvalue weighted by Crippen LogP contribution is 2.28. The Balaban J connectivity index is 1.88. The van der Waals surface area contributed by atoms with Gasteiger partial charge in [-0.2, -0.15) is 11.8 Å². The van der Waals surface area contributed by atoms with E-state index < -0.39 is 5.97 Å². The predicted molar refractivity (Wildman–Crippen MR) is 78.3 cm³/mol. The quantitative estimate of drug-likeness (QED) is 0.792. The number of carbonyl (C=O) groups is 2. The van der Waals surface area contributed by atoms with Gasteiger partial charge in [-0.1, -0.05) is 0 Å². The third kappa shape index (κ3) is 3.86. The van der Waals surface area contributed by atoms with E-state index in [-0.39, 0.29) is 17.6 Å². The number of hydrogen-bond acceptors (Lipinski definition) is 4. The smallest absolute Gasteiger partial charge is 0.337 e. The molecule has 2 amide bonds. The number of rotatable bonds is 4. The van der Waals surface area contributed by atoms with Crippen LogP contribution in [0.3, 0.4) is 0 Å². The summed E-state index contributed by atoms with van der Waals surface area (Å²) in [6.07, 6.45) is 7.81. The molecule has 6 nitrogen and oxygen atoms in total. The van der Waals surface area contributed by atoms with Crippen LogP contribution >= 0.6 is 11.8 Å². The summed E-state index contributed by atoms with van der Waals surface area (Å²) in [6.45, 7) is 0. The van der Waals surface area contributed by atoms with Gasteiger partial charge in [0.1, 0.15) is 0 Å². The Bertz CT molecular complexity index is 509. The number of carboxylic acid groups (broad SMARTS) is 1. The second kappa shape index (κ2) is 6.60. The molecule has 7 heteroatoms. The molecule has 1 fully saturated rings. The number of hydrogen-bond donors (Lipinski definition) is 3. The Morgan fingerprint density at radius 1 is 1.40 bits per heavy atom. The second-order valence-corrected chi connectivity index (χ2v) is 5.87. The van der Waals surface area contributed by atoms with Crippen molar-refractivity contribution in [3.63, 3.8) is 0 Å². The van der Waals surface area contributed by atoms with Crippen molar-refractivity contribution in [1.29, 1.82) is 0 Å². The van der Waals surface area contributed by atoms with Crippen LogP contribution in [0.25, 0.3) is 0 Å². The molecule has 0 radical (unpaired) electrons. The highest BCUT2D eigenvalue weighted by molar-refractivity contribution is 7.99. The number of thioether (sulfide) groups is 1. The van der Waals surface area contributed by atoms with Crippen LogP contribution in [0, 0.1) is 0 Å². The van der Waals surface area contributed by atoms with E-state index in [0.29, 0.717) is 10.9 Å². The fourth-order valence-electron chi connectivity index (χ4n) is 2.26. The molecule has 108 valence electrons. The first-order chi connectivity index (χ1) is 9.58. The zero-order valence-electron chi connectivity index (χ0n) is 11.1. The van der Waals surface area contributed by atoms with Gasteiger partial charge in [0.15, 0.2) is 0 Å². The highest BCUT2D eigenvalue weighted by Gasteiger charge is 2.25. The van der Waals surface area contributed by atoms with E-state index in [1.165, 1.54) is 18.5 Å². The van der Waals surface area contributed by atoms with E-state index in [9.17, 15) is 9.59 Å². The average Bonchev–Trinajstić information content (AvgIpc) is 2.86. The van der Waals surface area contributed by atoms with Crippen LogP contribution in [0.4, 0.5) is 10.5 Å². The number of urea groups is 1. The molecule has 20 heavy (non-hydrogen) atoms. The maximum Gasteiger partial charge on any atom is 0.337 e. The maximum atomic E-state index is 11.8. The lowest BCUT2D eigenvalue weighted by molar-refractivity contribution is 0.0696. The number of amides is 2. The van der Waals surface area contributed by atoms with Gasteiger partial charge < -0.3 is 15.7 Å². The molecular formula is C13H17N3O3S. The lowest BCUT2D eigenvalue weighted by atomic mass is 10.2. The van der Waals surface area contributed by atoms with Crippen molar-refractivity contribution in [2.75, 3.05) is 11.6 Å². The molecule has 1 aliphatic carbocycles. The van der Waals surface area contributed by atoms with Gasteiger partial charge in [0, 0.05) is 17.5 Å². The summed E-state index contributed by atoms with van der Waals surface area (Å²) in [6, 6.07) is 1.25. The summed E-state index contributed by atoms with van der Waals surface area (Å²) in [5.74, 6) is -1.07. The first-order valence-electron chi connectivity index (χ1n) is 6.37. The van der Waals surface area contributed by atoms with Crippen LogP contribution in [0.15, 0.2) is 18.5 Å². The van der Waals surface area contributed by atoms with Gasteiger partial charge in [0.25, 0.3) is 0 Å². The van der Waals surface area contributed by atoms with Gasteiger partial charge in [-0.25, -0.2) is 9.59 Å². The van der Waals surface area contributed by atoms with E-state index >= 15 is 0 Å². The molecule has 0 aromatic carbocycles. The number of aromatic carboxylic acids is 1. The zero-order chi connectivity index (χ0) is 14.5. The third-order valence-corrected chi connectivity index (χ3v) is 4.39. The molecule has 2 unspecified atom stereocenters. The van der Waals surface area contributed by atoms with Crippen LogP contribution < -0.4 is 10.6 Å². The van der Waals surface area contributed by atoms with Crippen molar-refractivity contribution in [2.24, 2.45) is 0 Å². The fraction of sp³-hybridized carbons (Fsp3) is 0.462. The third-order valence-electron chi connectivity index (χ3n) is 3.30. The minimum atomic E-state index is -1.07. The van der Waals surface area contributed by atoms with Crippen molar-refractivity contribution < 1.29 is 14.7 Å². The molecule has 2 rings (SSSR count). The number of carboxylic acids is 1. The van der Waals surface area contributed by atoms with Crippen LogP contribution in [-0.4, -0.2) is 39.6 Å². The lowest BCUT2D eigenvalue weighted by Crippen LogP contribution is -2.36. The molecule has 0 spiro atoms. The Hall–Kier alpha value is -1.76. The summed E-state index contributed by atoms with van der Waals surface area (Å²) >= 11 is 1.83. The monoisotopic (exact) mass is 295 g/mol. The molecule has 0 bridgehead atoms. The van der Waals surface area contributed by atoms with Crippen molar-refractivity contribution >= 4 is 29.4 Å². The fourth-order valence-corrected chi connectivity index (χ4v) is 3.06. The van der Waals surface area contributed by atoms with E-state index in [4.69, 9.17) is 5.11 Å². The number of anilines is 1. The first-order valence-corrected chi connectivity index (χ1v) is 7.66. The predicted octanol–water partition coefficient (Wildman–Crippen LogP) is 2.19. The molecule has 2 atom stereocenters. The first kappa shape index (κ1) is 14.6. The normalized spacial score (nSPS) is 21.4. The minimum Gasteiger partial charge on any atom is -0.478 e. The second-order valence-electron chi connectivity index (χ2n) is 4.73. The van der Waals surface area contributed by atoms with Crippen LogP contribution in [0.5, 0.6) is 0 Å². The van der Waals surface area contributed by atoms with Crippen molar-refractivity contribution in [3.8, 4) is 0 Å². The zero-order valence-corrected chi connectivity index (χ0v) is 11.9. The number of nitrogens with zero attached hydrogens (tertiary/aromatic N) is 1. The molecule has 1 saturated carbocycles. The van der Waals surface area contributed by atoms with Gasteiger partial charge >= 0.3 is 12.0 Å². The summed E-state index contributed by atoms with van der Waals surface area (Å²) in [7, 11) is 0. The van der Waals surface area contributed by atoms with Crippen molar-refractivity contribution in [3.05, 3.63) is 24.0 Å². The number of carbonyl (C=O) groups excluding carboxylic acids is 1. The van der Waals surface area contributed by atoms with E-state index in [1.54, 1.807) is 0 Å². The average molecular weight is 295 g/mol. The number of pyridine rings is 1. The van der Waals surface area contributed by atoms with Crippen LogP contribution in [0.2, 0.25) is 0 Å². The topological polar surface area (TPSA) is 91.3 Å². The van der Waals surface area contributed by atoms with Gasteiger partial charge in [-0.05, 0) is 31.6 Å². The minimum absolute atomic E-state index is 0.0473. The van der Waals surface area contributed by atoms with Gasteiger partial charge in [-0.3, -0.25) is 4.98 Å². The van der Waals surface area contributed by atoms with Crippen LogP contribution in [0.1, 0.15) is 29.6 Å². The van der Waals surface area contributed by atoms with Crippen molar-refractivity contribution in [1.82, 2.24) is 10.3 Å². The molecule has 1 aliphatic rings. The van der Waals surface area contributed by atoms with Crippen molar-refractivity contribution in [2.45, 2.75) is 30.6 Å². The largest absolute Gasteiger partial charge is 0.478 e. The highest BCUT2D eigenvalue weighted by atomic mass is 32.2. The standard InChI is InChI=1S/C13H17N3O3S/c1-20-11-3-2-9(5-11)15-13(19)16-10-4-8(12(17)18)6-14-7-10/h4,6-7,9,11H,2-3,5H2,1H3,(H,17,18)(H2,15,16,19). The number of aromatic nitrogens is 1. The van der Waals surface area contributed by atoms with E-state index in [0.717, 1.165) is 19.3 Å². The molecule has 1 aromatic rings. The summed E-state index contributed by atoms with van der Waals surface area (Å²) < 4.78 is 0. The van der Waals surface area contributed by atoms with Gasteiger partial charge in [0.2, 0.25) is 0 Å². The lowest BCUT2D eigenvalue weighted by Gasteiger charge is -2.13. The molecular weight excluding hydrogens is 278 g/mol. The van der Waals surface area contributed by atoms with Gasteiger partial charge in [-0.15, -0.1) is 0 Å². The summed E-state index contributed by atoms with van der Waals surface area (Å²) in [5.41, 5.74) is 0.424. The SMILES string of the molecule is CSC1CCC(NC(=O)Nc2cncc(C(=O)O)c2)C1. The van der Waals surface area contributed by atoms with Gasteiger partial charge in [0.05, 0.1) is 17.4 Å². The Morgan fingerprint density at radius 2 is 2.20 bits per heavy atom. The Kier molecular flexibility index (Phi) is 4.84. The Morgan fingerprint density at radius 3 is 2.85 bits per heavy atom.